The lowest BCUT2D eigenvalue weighted by molar-refractivity contribution is -0.140. The number of amides is 1. The monoisotopic (exact) mass is 437 g/mol. The van der Waals surface area contributed by atoms with Crippen molar-refractivity contribution in [3.05, 3.63) is 16.0 Å². The number of nitrogens with one attached hydrogen (secondary N) is 1. The van der Waals surface area contributed by atoms with Gasteiger partial charge < -0.3 is 14.8 Å². The highest BCUT2D eigenvalue weighted by atomic mass is 32.1. The first-order valence-electron chi connectivity index (χ1n) is 10.9. The Hall–Kier alpha value is -1.89. The lowest BCUT2D eigenvalue weighted by Crippen LogP contribution is -2.28. The van der Waals surface area contributed by atoms with E-state index in [1.807, 2.05) is 0 Å². The molecule has 1 aliphatic carbocycles. The molecule has 1 N–H and O–H groups in total. The van der Waals surface area contributed by atoms with Crippen LogP contribution in [0.25, 0.3) is 0 Å². The molecule has 0 bridgehead atoms. The van der Waals surface area contributed by atoms with Crippen LogP contribution in [0.1, 0.15) is 87.0 Å². The SMILES string of the molecule is CCOC(=O)c1c(NC(=O)CCCCC(=O)OC)sc2c1CC[C@@H](C(C)(C)CC)C2. The molecular weight excluding hydrogens is 402 g/mol. The number of hydrogen-bond donors (Lipinski definition) is 1. The van der Waals surface area contributed by atoms with Crippen LogP contribution >= 0.6 is 11.3 Å². The van der Waals surface area contributed by atoms with Crippen molar-refractivity contribution in [2.45, 2.75) is 79.1 Å². The summed E-state index contributed by atoms with van der Waals surface area (Å²) in [5, 5.41) is 3.54. The number of thiophene rings is 1. The second-order valence-electron chi connectivity index (χ2n) is 8.54. The Labute approximate surface area is 183 Å². The molecule has 1 amide bonds. The third-order valence-electron chi connectivity index (χ3n) is 6.28. The maximum atomic E-state index is 12.7. The van der Waals surface area contributed by atoms with Crippen molar-refractivity contribution < 1.29 is 23.9 Å². The molecule has 1 aromatic heterocycles. The van der Waals surface area contributed by atoms with Gasteiger partial charge in [-0.15, -0.1) is 11.3 Å². The molecule has 30 heavy (non-hydrogen) atoms. The molecule has 1 aliphatic rings. The number of hydrogen-bond acceptors (Lipinski definition) is 6. The molecule has 0 radical (unpaired) electrons. The lowest BCUT2D eigenvalue weighted by atomic mass is 9.69. The Kier molecular flexibility index (Phi) is 8.89. The van der Waals surface area contributed by atoms with Crippen LogP contribution < -0.4 is 5.32 Å². The zero-order valence-electron chi connectivity index (χ0n) is 18.9. The number of ether oxygens (including phenoxy) is 2. The summed E-state index contributed by atoms with van der Waals surface area (Å²) in [4.78, 5) is 37.5. The van der Waals surface area contributed by atoms with Gasteiger partial charge in [0.25, 0.3) is 0 Å². The van der Waals surface area contributed by atoms with E-state index < -0.39 is 0 Å². The van der Waals surface area contributed by atoms with Crippen LogP contribution in [0.2, 0.25) is 0 Å². The highest BCUT2D eigenvalue weighted by Crippen LogP contribution is 2.45. The minimum atomic E-state index is -0.357. The van der Waals surface area contributed by atoms with Crippen molar-refractivity contribution in [1.29, 1.82) is 0 Å². The summed E-state index contributed by atoms with van der Waals surface area (Å²) in [7, 11) is 1.36. The predicted molar refractivity (Wildman–Crippen MR) is 119 cm³/mol. The van der Waals surface area contributed by atoms with E-state index in [4.69, 9.17) is 4.74 Å². The summed E-state index contributed by atoms with van der Waals surface area (Å²) in [5.41, 5.74) is 1.82. The van der Waals surface area contributed by atoms with Crippen LogP contribution in [0.5, 0.6) is 0 Å². The van der Waals surface area contributed by atoms with Crippen LogP contribution in [-0.4, -0.2) is 31.6 Å². The number of esters is 2. The van der Waals surface area contributed by atoms with Crippen molar-refractivity contribution in [3.63, 3.8) is 0 Å². The largest absolute Gasteiger partial charge is 0.469 e. The fourth-order valence-electron chi connectivity index (χ4n) is 3.89. The van der Waals surface area contributed by atoms with Gasteiger partial charge in [-0.3, -0.25) is 9.59 Å². The van der Waals surface area contributed by atoms with Crippen LogP contribution in [0.4, 0.5) is 5.00 Å². The third-order valence-corrected chi connectivity index (χ3v) is 7.45. The average Bonchev–Trinajstić information content (AvgIpc) is 3.08. The number of rotatable bonds is 10. The second-order valence-corrected chi connectivity index (χ2v) is 9.65. The highest BCUT2D eigenvalue weighted by Gasteiger charge is 2.35. The van der Waals surface area contributed by atoms with Crippen molar-refractivity contribution in [2.24, 2.45) is 11.3 Å². The molecule has 168 valence electrons. The first-order chi connectivity index (χ1) is 14.2. The molecule has 0 spiro atoms. The number of carbonyl (C=O) groups excluding carboxylic acids is 3. The van der Waals surface area contributed by atoms with Crippen LogP contribution in [-0.2, 0) is 31.9 Å². The van der Waals surface area contributed by atoms with Gasteiger partial charge in [-0.05, 0) is 55.9 Å². The Morgan fingerprint density at radius 2 is 1.87 bits per heavy atom. The quantitative estimate of drug-likeness (QED) is 0.405. The fraction of sp³-hybridized carbons (Fsp3) is 0.696. The van der Waals surface area contributed by atoms with E-state index in [0.717, 1.165) is 31.2 Å². The van der Waals surface area contributed by atoms with Crippen LogP contribution in [0.15, 0.2) is 0 Å². The van der Waals surface area contributed by atoms with Gasteiger partial charge in [0.15, 0.2) is 0 Å². The molecule has 0 saturated carbocycles. The van der Waals surface area contributed by atoms with E-state index in [1.54, 1.807) is 6.92 Å². The molecule has 1 atom stereocenters. The third kappa shape index (κ3) is 6.06. The van der Waals surface area contributed by atoms with E-state index in [0.29, 0.717) is 48.8 Å². The molecule has 0 aliphatic heterocycles. The number of carbonyl (C=O) groups is 3. The fourth-order valence-corrected chi connectivity index (χ4v) is 5.23. The van der Waals surface area contributed by atoms with E-state index in [2.05, 4.69) is 30.8 Å². The van der Waals surface area contributed by atoms with E-state index >= 15 is 0 Å². The molecule has 0 aromatic carbocycles. The smallest absolute Gasteiger partial charge is 0.341 e. The zero-order valence-corrected chi connectivity index (χ0v) is 19.7. The maximum Gasteiger partial charge on any atom is 0.341 e. The van der Waals surface area contributed by atoms with Gasteiger partial charge in [0.05, 0.1) is 19.3 Å². The number of fused-ring (bicyclic) bond motifs is 1. The Balaban J connectivity index is 2.14. The van der Waals surface area contributed by atoms with Gasteiger partial charge in [0, 0.05) is 17.7 Å². The summed E-state index contributed by atoms with van der Waals surface area (Å²) < 4.78 is 9.91. The Bertz CT molecular complexity index is 768. The molecule has 6 nitrogen and oxygen atoms in total. The zero-order chi connectivity index (χ0) is 22.3. The minimum absolute atomic E-state index is 0.144. The average molecular weight is 438 g/mol. The molecule has 1 aromatic rings. The first-order valence-corrected chi connectivity index (χ1v) is 11.7. The van der Waals surface area contributed by atoms with Gasteiger partial charge in [0.2, 0.25) is 5.91 Å². The standard InChI is InChI=1S/C23H35NO5S/c1-6-23(3,4)15-12-13-16-17(14-15)30-21(20(16)22(27)29-7-2)24-18(25)10-8-9-11-19(26)28-5/h15H,6-14H2,1-5H3,(H,24,25)/t15-/m1/s1. The van der Waals surface area contributed by atoms with Gasteiger partial charge in [-0.25, -0.2) is 4.79 Å². The van der Waals surface area contributed by atoms with E-state index in [1.165, 1.54) is 23.3 Å². The summed E-state index contributed by atoms with van der Waals surface area (Å²) >= 11 is 1.52. The lowest BCUT2D eigenvalue weighted by Gasteiger charge is -2.36. The van der Waals surface area contributed by atoms with Crippen LogP contribution in [0.3, 0.4) is 0 Å². The normalized spacial score (nSPS) is 16.0. The first kappa shape index (κ1) is 24.4. The summed E-state index contributed by atoms with van der Waals surface area (Å²) in [6, 6.07) is 0. The van der Waals surface area contributed by atoms with Gasteiger partial charge in [0.1, 0.15) is 5.00 Å². The number of unbranched alkanes of at least 4 members (excludes halogenated alkanes) is 1. The second kappa shape index (κ2) is 10.9. The summed E-state index contributed by atoms with van der Waals surface area (Å²) in [5.74, 6) is -0.209. The number of anilines is 1. The molecule has 0 fully saturated rings. The van der Waals surface area contributed by atoms with Crippen molar-refractivity contribution in [2.75, 3.05) is 19.0 Å². The molecule has 1 heterocycles. The number of methoxy groups -OCH3 is 1. The Morgan fingerprint density at radius 1 is 1.17 bits per heavy atom. The highest BCUT2D eigenvalue weighted by molar-refractivity contribution is 7.17. The topological polar surface area (TPSA) is 81.7 Å². The van der Waals surface area contributed by atoms with Crippen molar-refractivity contribution in [1.82, 2.24) is 0 Å². The van der Waals surface area contributed by atoms with Gasteiger partial charge >= 0.3 is 11.9 Å². The van der Waals surface area contributed by atoms with Gasteiger partial charge in [-0.2, -0.15) is 0 Å². The molecule has 0 unspecified atom stereocenters. The van der Waals surface area contributed by atoms with Crippen molar-refractivity contribution in [3.8, 4) is 0 Å². The minimum Gasteiger partial charge on any atom is -0.469 e. The predicted octanol–water partition coefficient (Wildman–Crippen LogP) is 5.14. The van der Waals surface area contributed by atoms with Gasteiger partial charge in [-0.1, -0.05) is 27.2 Å². The van der Waals surface area contributed by atoms with Crippen molar-refractivity contribution >= 4 is 34.2 Å². The van der Waals surface area contributed by atoms with E-state index in [-0.39, 0.29) is 23.3 Å². The maximum absolute atomic E-state index is 12.7. The summed E-state index contributed by atoms with van der Waals surface area (Å²) in [6.45, 7) is 8.92. The summed E-state index contributed by atoms with van der Waals surface area (Å²) in [6.07, 6.45) is 5.71. The molecule has 2 rings (SSSR count). The van der Waals surface area contributed by atoms with Crippen LogP contribution in [0, 0.1) is 11.3 Å². The van der Waals surface area contributed by atoms with E-state index in [9.17, 15) is 14.4 Å². The molecule has 0 saturated heterocycles. The molecule has 7 heteroatoms. The Morgan fingerprint density at radius 3 is 2.50 bits per heavy atom. The molecular formula is C23H35NO5S.